The van der Waals surface area contributed by atoms with Crippen LogP contribution in [0.25, 0.3) is 0 Å². The molecule has 0 aromatic heterocycles. The molecule has 2 atom stereocenters. The third-order valence-electron chi connectivity index (χ3n) is 6.73. The second-order valence-electron chi connectivity index (χ2n) is 9.76. The number of nitrogens with zero attached hydrogens (tertiary/aromatic N) is 1. The molecule has 0 bridgehead atoms. The van der Waals surface area contributed by atoms with Crippen LogP contribution in [0.5, 0.6) is 0 Å². The lowest BCUT2D eigenvalue weighted by molar-refractivity contribution is -0.138. The molecule has 0 unspecified atom stereocenters. The van der Waals surface area contributed by atoms with E-state index in [0.717, 1.165) is 36.3 Å². The van der Waals surface area contributed by atoms with Crippen LogP contribution >= 0.6 is 0 Å². The van der Waals surface area contributed by atoms with Gasteiger partial charge in [0.25, 0.3) is 0 Å². The van der Waals surface area contributed by atoms with Gasteiger partial charge >= 0.3 is 18.3 Å². The molecule has 3 nitrogen and oxygen atoms in total. The minimum absolute atomic E-state index is 0.253. The van der Waals surface area contributed by atoms with Gasteiger partial charge in [-0.2, -0.15) is 26.3 Å². The van der Waals surface area contributed by atoms with Crippen LogP contribution < -0.4 is 0 Å². The van der Waals surface area contributed by atoms with Crippen LogP contribution in [0.2, 0.25) is 0 Å². The Bertz CT molecular complexity index is 1070. The van der Waals surface area contributed by atoms with Crippen molar-refractivity contribution in [3.8, 4) is 0 Å². The van der Waals surface area contributed by atoms with E-state index in [1.807, 2.05) is 0 Å². The Labute approximate surface area is 213 Å². The summed E-state index contributed by atoms with van der Waals surface area (Å²) in [6, 6.07) is 9.42. The van der Waals surface area contributed by atoms with E-state index in [0.29, 0.717) is 42.9 Å². The fourth-order valence-electron chi connectivity index (χ4n) is 4.74. The van der Waals surface area contributed by atoms with Gasteiger partial charge in [-0.1, -0.05) is 43.7 Å². The molecule has 0 radical (unpaired) electrons. The summed E-state index contributed by atoms with van der Waals surface area (Å²) in [4.78, 5) is 14.0. The second-order valence-corrected chi connectivity index (χ2v) is 9.76. The molecule has 1 aliphatic rings. The summed E-state index contributed by atoms with van der Waals surface area (Å²) in [5, 5.41) is 0. The number of alkyl halides is 6. The van der Waals surface area contributed by atoms with Gasteiger partial charge in [-0.25, -0.2) is 4.79 Å². The maximum absolute atomic E-state index is 13.2. The molecule has 3 rings (SSSR count). The van der Waals surface area contributed by atoms with Crippen molar-refractivity contribution < 1.29 is 35.9 Å². The third kappa shape index (κ3) is 7.60. The molecule has 0 amide bonds. The van der Waals surface area contributed by atoms with Gasteiger partial charge in [-0.05, 0) is 67.0 Å². The van der Waals surface area contributed by atoms with E-state index in [1.54, 1.807) is 0 Å². The number of esters is 1. The van der Waals surface area contributed by atoms with E-state index in [9.17, 15) is 31.1 Å². The molecular formula is C28H31F6NO2. The number of hydrogen-bond donors (Lipinski definition) is 0. The summed E-state index contributed by atoms with van der Waals surface area (Å²) < 4.78 is 83.8. The third-order valence-corrected chi connectivity index (χ3v) is 6.73. The predicted octanol–water partition coefficient (Wildman–Crippen LogP) is 8.14. The highest BCUT2D eigenvalue weighted by Gasteiger charge is 2.35. The Morgan fingerprint density at radius 1 is 0.946 bits per heavy atom. The Morgan fingerprint density at radius 3 is 1.97 bits per heavy atom. The van der Waals surface area contributed by atoms with E-state index in [2.05, 4.69) is 18.7 Å². The molecule has 202 valence electrons. The lowest BCUT2D eigenvalue weighted by Crippen LogP contribution is -2.38. The van der Waals surface area contributed by atoms with E-state index >= 15 is 0 Å². The van der Waals surface area contributed by atoms with Gasteiger partial charge in [0.05, 0.1) is 18.2 Å². The number of piperidine rings is 1. The zero-order valence-corrected chi connectivity index (χ0v) is 21.0. The number of halogens is 6. The van der Waals surface area contributed by atoms with E-state index in [1.165, 1.54) is 37.5 Å². The van der Waals surface area contributed by atoms with Gasteiger partial charge in [0.15, 0.2) is 0 Å². The van der Waals surface area contributed by atoms with Gasteiger partial charge in [-0.3, -0.25) is 4.90 Å². The first-order chi connectivity index (χ1) is 17.3. The molecule has 0 N–H and O–H groups in total. The highest BCUT2D eigenvalue weighted by molar-refractivity contribution is 5.82. The number of carbonyl (C=O) groups excluding carboxylic acids is 1. The molecule has 0 saturated carbocycles. The van der Waals surface area contributed by atoms with Crippen molar-refractivity contribution in [1.82, 2.24) is 4.90 Å². The van der Waals surface area contributed by atoms with E-state index in [-0.39, 0.29) is 12.1 Å². The SMILES string of the molecule is COC(=O)/C=C1\CCN([C@H](CCC(C)C)c2ccc(C(F)(F)F)cc2)[C@H](c2ccc(C(F)(F)F)cc2)C1. The van der Waals surface area contributed by atoms with Crippen molar-refractivity contribution in [3.05, 3.63) is 82.4 Å². The monoisotopic (exact) mass is 527 g/mol. The molecule has 2 aromatic carbocycles. The van der Waals surface area contributed by atoms with Crippen molar-refractivity contribution >= 4 is 5.97 Å². The average Bonchev–Trinajstić information content (AvgIpc) is 2.84. The zero-order chi connectivity index (χ0) is 27.4. The molecule has 2 aromatic rings. The van der Waals surface area contributed by atoms with Crippen LogP contribution in [0.15, 0.2) is 60.2 Å². The van der Waals surface area contributed by atoms with Gasteiger partial charge in [-0.15, -0.1) is 0 Å². The number of methoxy groups -OCH3 is 1. The van der Waals surface area contributed by atoms with Crippen LogP contribution in [0, 0.1) is 5.92 Å². The van der Waals surface area contributed by atoms with E-state index in [4.69, 9.17) is 4.74 Å². The molecule has 0 aliphatic carbocycles. The van der Waals surface area contributed by atoms with Crippen LogP contribution in [0.1, 0.15) is 73.9 Å². The quantitative estimate of drug-likeness (QED) is 0.207. The largest absolute Gasteiger partial charge is 0.466 e. The average molecular weight is 528 g/mol. The minimum atomic E-state index is -4.47. The second kappa shape index (κ2) is 11.7. The molecule has 1 aliphatic heterocycles. The first-order valence-electron chi connectivity index (χ1n) is 12.2. The highest BCUT2D eigenvalue weighted by atomic mass is 19.4. The standard InChI is InChI=1S/C28H31F6NO2/c1-18(2)4-13-24(20-5-9-22(10-6-20)27(29,30)31)35-15-14-19(17-26(36)37-3)16-25(35)21-7-11-23(12-8-21)28(32,33)34/h5-12,17-18,24-25H,4,13-16H2,1-3H3/b19-17+/t24-,25+/m1/s1. The summed E-state index contributed by atoms with van der Waals surface area (Å²) in [5.74, 6) is -0.158. The Hall–Kier alpha value is -2.81. The highest BCUT2D eigenvalue weighted by Crippen LogP contribution is 2.43. The van der Waals surface area contributed by atoms with Crippen LogP contribution in [0.3, 0.4) is 0 Å². The predicted molar refractivity (Wildman–Crippen MR) is 128 cm³/mol. The van der Waals surface area contributed by atoms with Crippen molar-refractivity contribution in [2.24, 2.45) is 5.92 Å². The molecule has 9 heteroatoms. The first-order valence-corrected chi connectivity index (χ1v) is 12.2. The first kappa shape index (κ1) is 28.8. The number of ether oxygens (including phenoxy) is 1. The topological polar surface area (TPSA) is 29.5 Å². The molecule has 0 spiro atoms. The fourth-order valence-corrected chi connectivity index (χ4v) is 4.74. The number of benzene rings is 2. The summed E-state index contributed by atoms with van der Waals surface area (Å²) in [6.07, 6.45) is -5.11. The van der Waals surface area contributed by atoms with Crippen LogP contribution in [-0.2, 0) is 21.9 Å². The van der Waals surface area contributed by atoms with Gasteiger partial charge < -0.3 is 4.74 Å². The summed E-state index contributed by atoms with van der Waals surface area (Å²) in [6.45, 7) is 4.60. The van der Waals surface area contributed by atoms with Gasteiger partial charge in [0.2, 0.25) is 0 Å². The smallest absolute Gasteiger partial charge is 0.416 e. The molecule has 1 saturated heterocycles. The molecule has 1 fully saturated rings. The maximum Gasteiger partial charge on any atom is 0.416 e. The lowest BCUT2D eigenvalue weighted by atomic mass is 9.86. The number of rotatable bonds is 7. The van der Waals surface area contributed by atoms with E-state index < -0.39 is 29.4 Å². The summed E-state index contributed by atoms with van der Waals surface area (Å²) >= 11 is 0. The Kier molecular flexibility index (Phi) is 9.10. The van der Waals surface area contributed by atoms with Crippen molar-refractivity contribution in [3.63, 3.8) is 0 Å². The number of hydrogen-bond acceptors (Lipinski definition) is 3. The lowest BCUT2D eigenvalue weighted by Gasteiger charge is -2.43. The van der Waals surface area contributed by atoms with Crippen molar-refractivity contribution in [2.75, 3.05) is 13.7 Å². The van der Waals surface area contributed by atoms with Crippen molar-refractivity contribution in [2.45, 2.75) is 64.0 Å². The Morgan fingerprint density at radius 2 is 1.49 bits per heavy atom. The van der Waals surface area contributed by atoms with Crippen molar-refractivity contribution in [1.29, 1.82) is 0 Å². The molecule has 1 heterocycles. The summed E-state index contributed by atoms with van der Waals surface area (Å²) in [5.41, 5.74) is 0.669. The minimum Gasteiger partial charge on any atom is -0.466 e. The maximum atomic E-state index is 13.2. The molecular weight excluding hydrogens is 496 g/mol. The normalized spacial score (nSPS) is 19.3. The Balaban J connectivity index is 2.02. The van der Waals surface area contributed by atoms with Gasteiger partial charge in [0.1, 0.15) is 0 Å². The number of carbonyl (C=O) groups is 1. The molecule has 37 heavy (non-hydrogen) atoms. The van der Waals surface area contributed by atoms with Gasteiger partial charge in [0, 0.05) is 24.7 Å². The number of likely N-dealkylation sites (tertiary alicyclic amines) is 1. The van der Waals surface area contributed by atoms with Crippen LogP contribution in [-0.4, -0.2) is 24.5 Å². The summed E-state index contributed by atoms with van der Waals surface area (Å²) in [7, 11) is 1.27. The van der Waals surface area contributed by atoms with Crippen LogP contribution in [0.4, 0.5) is 26.3 Å². The fraction of sp³-hybridized carbons (Fsp3) is 0.464. The zero-order valence-electron chi connectivity index (χ0n) is 21.0.